The Labute approximate surface area is 141 Å². The Hall–Kier alpha value is -1.06. The quantitative estimate of drug-likeness (QED) is 0.856. The molecule has 3 heteroatoms. The van der Waals surface area contributed by atoms with Crippen LogP contribution in [0.4, 0.5) is 0 Å². The fourth-order valence-electron chi connectivity index (χ4n) is 3.71. The van der Waals surface area contributed by atoms with Crippen molar-refractivity contribution in [2.24, 2.45) is 0 Å². The van der Waals surface area contributed by atoms with E-state index in [4.69, 9.17) is 4.74 Å². The molecule has 1 fully saturated rings. The number of piperidine rings is 1. The molecule has 1 N–H and O–H groups in total. The number of ether oxygens (including phenoxy) is 1. The minimum Gasteiger partial charge on any atom is -0.491 e. The molecule has 0 unspecified atom stereocenters. The number of likely N-dealkylation sites (tertiary alicyclic amines) is 1. The molecule has 1 aromatic rings. The Morgan fingerprint density at radius 3 is 2.43 bits per heavy atom. The third-order valence-electron chi connectivity index (χ3n) is 5.10. The third-order valence-corrected chi connectivity index (χ3v) is 5.10. The van der Waals surface area contributed by atoms with E-state index in [0.717, 1.165) is 5.75 Å². The van der Waals surface area contributed by atoms with Crippen molar-refractivity contribution < 1.29 is 9.84 Å². The van der Waals surface area contributed by atoms with Crippen molar-refractivity contribution in [2.45, 2.75) is 78.0 Å². The number of β-amino-alcohol motifs (C(OH)–C–C–N with tert-alkyl or cyclic N) is 1. The molecule has 1 saturated heterocycles. The molecule has 3 atom stereocenters. The van der Waals surface area contributed by atoms with Gasteiger partial charge in [0.25, 0.3) is 0 Å². The summed E-state index contributed by atoms with van der Waals surface area (Å²) in [6.07, 6.45) is 3.32. The molecule has 0 amide bonds. The summed E-state index contributed by atoms with van der Waals surface area (Å²) in [4.78, 5) is 2.42. The van der Waals surface area contributed by atoms with Crippen LogP contribution in [0.5, 0.6) is 5.75 Å². The lowest BCUT2D eigenvalue weighted by molar-refractivity contribution is 0.0209. The molecule has 0 radical (unpaired) electrons. The van der Waals surface area contributed by atoms with Gasteiger partial charge in [0.2, 0.25) is 0 Å². The van der Waals surface area contributed by atoms with Crippen molar-refractivity contribution in [1.82, 2.24) is 4.90 Å². The fourth-order valence-corrected chi connectivity index (χ4v) is 3.71. The Kier molecular flexibility index (Phi) is 6.49. The minimum atomic E-state index is -0.442. The smallest absolute Gasteiger partial charge is 0.119 e. The first-order valence-electron chi connectivity index (χ1n) is 9.05. The molecule has 1 aromatic carbocycles. The average molecular weight is 319 g/mol. The highest BCUT2D eigenvalue weighted by Crippen LogP contribution is 2.24. The largest absolute Gasteiger partial charge is 0.491 e. The molecule has 0 saturated carbocycles. The van der Waals surface area contributed by atoms with E-state index in [9.17, 15) is 5.11 Å². The molecule has 2 rings (SSSR count). The highest BCUT2D eigenvalue weighted by atomic mass is 16.5. The maximum atomic E-state index is 10.3. The second kappa shape index (κ2) is 8.16. The summed E-state index contributed by atoms with van der Waals surface area (Å²) >= 11 is 0. The second-order valence-corrected chi connectivity index (χ2v) is 7.46. The molecule has 1 aliphatic heterocycles. The van der Waals surface area contributed by atoms with Crippen LogP contribution in [0.3, 0.4) is 0 Å². The van der Waals surface area contributed by atoms with Gasteiger partial charge in [-0.05, 0) is 62.8 Å². The van der Waals surface area contributed by atoms with Crippen molar-refractivity contribution in [3.05, 3.63) is 29.3 Å². The van der Waals surface area contributed by atoms with Gasteiger partial charge in [-0.25, -0.2) is 0 Å². The Balaban J connectivity index is 1.86. The molecule has 0 aliphatic carbocycles. The zero-order valence-corrected chi connectivity index (χ0v) is 15.4. The lowest BCUT2D eigenvalue weighted by atomic mass is 9.97. The van der Waals surface area contributed by atoms with Gasteiger partial charge in [-0.15, -0.1) is 0 Å². The van der Waals surface area contributed by atoms with Crippen LogP contribution in [0.2, 0.25) is 0 Å². The number of nitrogens with zero attached hydrogens (tertiary/aromatic N) is 1. The van der Waals surface area contributed by atoms with Gasteiger partial charge in [0, 0.05) is 18.6 Å². The summed E-state index contributed by atoms with van der Waals surface area (Å²) in [5, 5.41) is 10.3. The molecule has 0 bridgehead atoms. The number of rotatable bonds is 6. The lowest BCUT2D eigenvalue weighted by Crippen LogP contribution is -2.48. The Morgan fingerprint density at radius 2 is 1.87 bits per heavy atom. The van der Waals surface area contributed by atoms with E-state index in [0.29, 0.717) is 31.2 Å². The van der Waals surface area contributed by atoms with Gasteiger partial charge in [-0.3, -0.25) is 4.90 Å². The van der Waals surface area contributed by atoms with Crippen molar-refractivity contribution in [3.8, 4) is 5.75 Å². The van der Waals surface area contributed by atoms with E-state index in [2.05, 4.69) is 51.7 Å². The maximum Gasteiger partial charge on any atom is 0.119 e. The van der Waals surface area contributed by atoms with E-state index < -0.39 is 6.10 Å². The highest BCUT2D eigenvalue weighted by molar-refractivity contribution is 5.36. The summed E-state index contributed by atoms with van der Waals surface area (Å²) in [7, 11) is 0. The van der Waals surface area contributed by atoms with Gasteiger partial charge in [-0.1, -0.05) is 26.3 Å². The topological polar surface area (TPSA) is 32.7 Å². The van der Waals surface area contributed by atoms with Crippen molar-refractivity contribution in [3.63, 3.8) is 0 Å². The summed E-state index contributed by atoms with van der Waals surface area (Å²) in [6.45, 7) is 12.1. The van der Waals surface area contributed by atoms with Crippen LogP contribution in [-0.2, 0) is 0 Å². The summed E-state index contributed by atoms with van der Waals surface area (Å²) in [5.74, 6) is 1.38. The van der Waals surface area contributed by atoms with Gasteiger partial charge in [-0.2, -0.15) is 0 Å². The Morgan fingerprint density at radius 1 is 1.22 bits per heavy atom. The van der Waals surface area contributed by atoms with E-state index in [-0.39, 0.29) is 0 Å². The summed E-state index contributed by atoms with van der Waals surface area (Å²) in [5.41, 5.74) is 2.61. The highest BCUT2D eigenvalue weighted by Gasteiger charge is 2.26. The summed E-state index contributed by atoms with van der Waals surface area (Å²) < 4.78 is 5.82. The monoisotopic (exact) mass is 319 g/mol. The molecule has 0 spiro atoms. The van der Waals surface area contributed by atoms with Crippen LogP contribution in [0.1, 0.15) is 64.0 Å². The minimum absolute atomic E-state index is 0.358. The van der Waals surface area contributed by atoms with Crippen LogP contribution in [-0.4, -0.2) is 41.3 Å². The van der Waals surface area contributed by atoms with Crippen molar-refractivity contribution >= 4 is 0 Å². The number of hydrogen-bond acceptors (Lipinski definition) is 3. The summed E-state index contributed by atoms with van der Waals surface area (Å²) in [6, 6.07) is 7.34. The molecule has 1 heterocycles. The van der Waals surface area contributed by atoms with Gasteiger partial charge >= 0.3 is 0 Å². The zero-order valence-electron chi connectivity index (χ0n) is 15.4. The standard InChI is InChI=1S/C20H33NO2/c1-14(2)20-10-9-19(11-15(20)3)23-13-18(22)12-21-16(4)7-6-8-17(21)5/h9-11,14,16-18,22H,6-8,12-13H2,1-5H3/t16-,17-,18+/m0/s1. The predicted octanol–water partition coefficient (Wildman–Crippen LogP) is 4.12. The molecule has 1 aliphatic rings. The molecule has 0 aromatic heterocycles. The number of hydrogen-bond donors (Lipinski definition) is 1. The van der Waals surface area contributed by atoms with Gasteiger partial charge in [0.1, 0.15) is 18.5 Å². The lowest BCUT2D eigenvalue weighted by Gasteiger charge is -2.40. The predicted molar refractivity (Wildman–Crippen MR) is 96.3 cm³/mol. The number of aliphatic hydroxyl groups excluding tert-OH is 1. The molecule has 23 heavy (non-hydrogen) atoms. The molecule has 3 nitrogen and oxygen atoms in total. The number of aliphatic hydroxyl groups is 1. The van der Waals surface area contributed by atoms with Gasteiger partial charge < -0.3 is 9.84 Å². The van der Waals surface area contributed by atoms with Crippen LogP contribution in [0.15, 0.2) is 18.2 Å². The van der Waals surface area contributed by atoms with Crippen LogP contribution in [0.25, 0.3) is 0 Å². The second-order valence-electron chi connectivity index (χ2n) is 7.46. The van der Waals surface area contributed by atoms with Gasteiger partial charge in [0.05, 0.1) is 0 Å². The van der Waals surface area contributed by atoms with Crippen LogP contribution in [0, 0.1) is 6.92 Å². The van der Waals surface area contributed by atoms with Crippen molar-refractivity contribution in [2.75, 3.05) is 13.2 Å². The van der Waals surface area contributed by atoms with E-state index in [1.807, 2.05) is 6.07 Å². The fraction of sp³-hybridized carbons (Fsp3) is 0.700. The van der Waals surface area contributed by atoms with Crippen LogP contribution >= 0.6 is 0 Å². The molecular formula is C20H33NO2. The normalized spacial score (nSPS) is 24.0. The average Bonchev–Trinajstić information content (AvgIpc) is 2.49. The van der Waals surface area contributed by atoms with Crippen molar-refractivity contribution in [1.29, 1.82) is 0 Å². The SMILES string of the molecule is Cc1cc(OC[C@H](O)CN2[C@@H](C)CCC[C@@H]2C)ccc1C(C)C. The Bertz CT molecular complexity index is 490. The first-order chi connectivity index (χ1) is 10.9. The van der Waals surface area contributed by atoms with E-state index in [1.165, 1.54) is 30.4 Å². The zero-order chi connectivity index (χ0) is 17.0. The third kappa shape index (κ3) is 4.95. The first kappa shape index (κ1) is 18.3. The van der Waals surface area contributed by atoms with Crippen LogP contribution < -0.4 is 4.74 Å². The molecular weight excluding hydrogens is 286 g/mol. The number of benzene rings is 1. The molecule has 130 valence electrons. The number of aryl methyl sites for hydroxylation is 1. The van der Waals surface area contributed by atoms with E-state index in [1.54, 1.807) is 0 Å². The van der Waals surface area contributed by atoms with Gasteiger partial charge in [0.15, 0.2) is 0 Å². The maximum absolute atomic E-state index is 10.3. The first-order valence-corrected chi connectivity index (χ1v) is 9.05. The van der Waals surface area contributed by atoms with E-state index >= 15 is 0 Å².